The molecule has 1 saturated heterocycles. The Kier molecular flexibility index (Phi) is 7.39. The lowest BCUT2D eigenvalue weighted by atomic mass is 9.68. The molecule has 1 fully saturated rings. The lowest BCUT2D eigenvalue weighted by Crippen LogP contribution is -2.47. The highest BCUT2D eigenvalue weighted by atomic mass is 19.4. The van der Waals surface area contributed by atoms with E-state index < -0.39 is 59.4 Å². The van der Waals surface area contributed by atoms with Crippen LogP contribution in [-0.2, 0) is 26.1 Å². The summed E-state index contributed by atoms with van der Waals surface area (Å²) in [6.07, 6.45) is -9.62. The van der Waals surface area contributed by atoms with Crippen molar-refractivity contribution in [1.82, 2.24) is 15.5 Å². The van der Waals surface area contributed by atoms with Gasteiger partial charge in [-0.05, 0) is 56.0 Å². The number of ketones is 1. The first kappa shape index (κ1) is 30.0. The Morgan fingerprint density at radius 2 is 1.80 bits per heavy atom. The van der Waals surface area contributed by atoms with Crippen LogP contribution in [-0.4, -0.2) is 46.4 Å². The molecule has 3 aromatic rings. The van der Waals surface area contributed by atoms with Gasteiger partial charge in [-0.3, -0.25) is 14.7 Å². The maximum absolute atomic E-state index is 14.6. The Bertz CT molecular complexity index is 1580. The molecule has 6 rings (SSSR count). The van der Waals surface area contributed by atoms with Gasteiger partial charge in [-0.2, -0.15) is 18.3 Å². The van der Waals surface area contributed by atoms with Gasteiger partial charge >= 0.3 is 18.4 Å². The maximum Gasteiger partial charge on any atom is 0.586 e. The van der Waals surface area contributed by atoms with Crippen molar-refractivity contribution < 1.29 is 50.9 Å². The van der Waals surface area contributed by atoms with Gasteiger partial charge in [-0.1, -0.05) is 36.4 Å². The molecule has 2 aliphatic heterocycles. The molecule has 0 spiro atoms. The van der Waals surface area contributed by atoms with Crippen molar-refractivity contribution in [2.24, 2.45) is 11.8 Å². The second-order valence-electron chi connectivity index (χ2n) is 11.2. The first-order valence-electron chi connectivity index (χ1n) is 14.1. The number of rotatable bonds is 7. The van der Waals surface area contributed by atoms with E-state index in [1.54, 1.807) is 37.3 Å². The number of fused-ring (bicyclic) bond motifs is 2. The van der Waals surface area contributed by atoms with Crippen LogP contribution in [0.3, 0.4) is 0 Å². The quantitative estimate of drug-likeness (QED) is 0.295. The Morgan fingerprint density at radius 3 is 2.50 bits per heavy atom. The van der Waals surface area contributed by atoms with Crippen molar-refractivity contribution in [3.8, 4) is 11.5 Å². The summed E-state index contributed by atoms with van der Waals surface area (Å²) in [4.78, 5) is 25.8. The number of ether oxygens (including phenoxy) is 3. The summed E-state index contributed by atoms with van der Waals surface area (Å²) in [5.41, 5.74) is -2.80. The van der Waals surface area contributed by atoms with E-state index in [1.807, 2.05) is 0 Å². The summed E-state index contributed by atoms with van der Waals surface area (Å²) in [7, 11) is 0. The number of Topliss-reactive ketones (excluding diaryl/α,β-unsaturated/α-hetero) is 1. The number of hydrogen-bond acceptors (Lipinski definition) is 7. The van der Waals surface area contributed by atoms with Gasteiger partial charge in [0.2, 0.25) is 0 Å². The van der Waals surface area contributed by atoms with Crippen LogP contribution >= 0.6 is 0 Å². The van der Waals surface area contributed by atoms with Crippen molar-refractivity contribution in [1.29, 1.82) is 0 Å². The maximum atomic E-state index is 14.6. The number of carboxylic acid groups (broad SMARTS) is 1. The molecule has 3 heterocycles. The first-order valence-corrected chi connectivity index (χ1v) is 14.1. The summed E-state index contributed by atoms with van der Waals surface area (Å²) in [5.74, 6) is -5.10. The van der Waals surface area contributed by atoms with Gasteiger partial charge in [0.05, 0.1) is 23.6 Å². The number of hydrogen-bond donors (Lipinski definition) is 3. The Hall–Kier alpha value is -4.04. The zero-order valence-corrected chi connectivity index (χ0v) is 23.3. The third kappa shape index (κ3) is 5.19. The van der Waals surface area contributed by atoms with Crippen molar-refractivity contribution >= 4 is 11.8 Å². The summed E-state index contributed by atoms with van der Waals surface area (Å²) < 4.78 is 86.7. The predicted octanol–water partition coefficient (Wildman–Crippen LogP) is 5.53. The van der Waals surface area contributed by atoms with Gasteiger partial charge in [-0.15, -0.1) is 8.78 Å². The Labute approximate surface area is 247 Å². The number of benzene rings is 2. The normalized spacial score (nSPS) is 26.5. The van der Waals surface area contributed by atoms with E-state index >= 15 is 0 Å². The van der Waals surface area contributed by atoms with E-state index in [9.17, 15) is 36.6 Å². The number of carbonyl (C=O) groups excluding carboxylic acids is 1. The van der Waals surface area contributed by atoms with E-state index in [0.717, 1.165) is 0 Å². The molecular formula is C30H28F5N3O6. The van der Waals surface area contributed by atoms with Crippen LogP contribution in [0.2, 0.25) is 0 Å². The molecule has 3 N–H and O–H groups in total. The molecule has 3 aliphatic rings. The van der Waals surface area contributed by atoms with Crippen LogP contribution in [0.25, 0.3) is 0 Å². The zero-order chi connectivity index (χ0) is 31.4. The largest absolute Gasteiger partial charge is 0.586 e. The number of halogens is 5. The number of nitrogens with one attached hydrogen (secondary N) is 2. The molecule has 234 valence electrons. The number of alkyl halides is 5. The van der Waals surface area contributed by atoms with E-state index in [-0.39, 0.29) is 48.6 Å². The molecule has 14 heteroatoms. The van der Waals surface area contributed by atoms with Gasteiger partial charge in [0.1, 0.15) is 11.4 Å². The van der Waals surface area contributed by atoms with Gasteiger partial charge in [0.25, 0.3) is 0 Å². The second-order valence-corrected chi connectivity index (χ2v) is 11.2. The lowest BCUT2D eigenvalue weighted by molar-refractivity contribution is -0.286. The molecular weight excluding hydrogens is 593 g/mol. The van der Waals surface area contributed by atoms with E-state index in [0.29, 0.717) is 17.7 Å². The van der Waals surface area contributed by atoms with Crippen LogP contribution in [0.5, 0.6) is 11.5 Å². The van der Waals surface area contributed by atoms with Crippen LogP contribution in [0, 0.1) is 11.8 Å². The summed E-state index contributed by atoms with van der Waals surface area (Å²) in [5, 5.41) is 18.9. The molecule has 1 aliphatic carbocycles. The SMILES string of the molecule is C[C@H](OC1(c2ccccc2)CCC(C(=O)C2CNCCC2C(=O)O)c2[nH]nc(C(F)(F)F)c21)c1ccc2c(c1)OC(F)(F)O2. The molecule has 2 aromatic carbocycles. The molecule has 4 unspecified atom stereocenters. The monoisotopic (exact) mass is 621 g/mol. The van der Waals surface area contributed by atoms with E-state index in [2.05, 4.69) is 25.0 Å². The van der Waals surface area contributed by atoms with Crippen molar-refractivity contribution in [3.05, 3.63) is 76.6 Å². The second kappa shape index (κ2) is 10.8. The molecule has 5 atom stereocenters. The highest BCUT2D eigenvalue weighted by Gasteiger charge is 2.54. The minimum Gasteiger partial charge on any atom is -0.481 e. The van der Waals surface area contributed by atoms with Gasteiger partial charge in [0, 0.05) is 18.0 Å². The number of nitrogens with zero attached hydrogens (tertiary/aromatic N) is 1. The summed E-state index contributed by atoms with van der Waals surface area (Å²) in [6.45, 7) is 2.05. The fourth-order valence-corrected chi connectivity index (χ4v) is 6.60. The fourth-order valence-electron chi connectivity index (χ4n) is 6.60. The van der Waals surface area contributed by atoms with Crippen molar-refractivity contribution in [2.75, 3.05) is 13.1 Å². The third-order valence-corrected chi connectivity index (χ3v) is 8.62. The van der Waals surface area contributed by atoms with E-state index in [1.165, 1.54) is 18.2 Å². The van der Waals surface area contributed by atoms with Gasteiger partial charge in [0.15, 0.2) is 17.2 Å². The van der Waals surface area contributed by atoms with Crippen LogP contribution < -0.4 is 14.8 Å². The third-order valence-electron chi connectivity index (χ3n) is 8.62. The molecule has 0 amide bonds. The average Bonchev–Trinajstić information content (AvgIpc) is 3.58. The minimum atomic E-state index is -4.94. The minimum absolute atomic E-state index is 0.0309. The van der Waals surface area contributed by atoms with Crippen LogP contribution in [0.15, 0.2) is 48.5 Å². The Balaban J connectivity index is 1.45. The topological polar surface area (TPSA) is 123 Å². The van der Waals surface area contributed by atoms with Gasteiger partial charge in [-0.25, -0.2) is 0 Å². The zero-order valence-electron chi connectivity index (χ0n) is 23.3. The molecule has 0 bridgehead atoms. The smallest absolute Gasteiger partial charge is 0.481 e. The highest BCUT2D eigenvalue weighted by molar-refractivity contribution is 5.92. The summed E-state index contributed by atoms with van der Waals surface area (Å²) in [6, 6.07) is 12.2. The van der Waals surface area contributed by atoms with Gasteiger partial charge < -0.3 is 24.6 Å². The molecule has 0 radical (unpaired) electrons. The predicted molar refractivity (Wildman–Crippen MR) is 142 cm³/mol. The number of aliphatic carboxylic acids is 1. The first-order chi connectivity index (χ1) is 20.8. The number of aromatic nitrogens is 2. The molecule has 44 heavy (non-hydrogen) atoms. The van der Waals surface area contributed by atoms with E-state index in [4.69, 9.17) is 4.74 Å². The van der Waals surface area contributed by atoms with Crippen LogP contribution in [0.1, 0.15) is 66.3 Å². The summed E-state index contributed by atoms with van der Waals surface area (Å²) >= 11 is 0. The average molecular weight is 622 g/mol. The van der Waals surface area contributed by atoms with Crippen LogP contribution in [0.4, 0.5) is 22.0 Å². The Morgan fingerprint density at radius 1 is 1.07 bits per heavy atom. The number of aromatic amines is 1. The lowest BCUT2D eigenvalue weighted by Gasteiger charge is -2.43. The molecule has 9 nitrogen and oxygen atoms in total. The fraction of sp³-hybridized carbons (Fsp3) is 0.433. The highest BCUT2D eigenvalue weighted by Crippen LogP contribution is 2.54. The molecule has 1 aromatic heterocycles. The van der Waals surface area contributed by atoms with Crippen molar-refractivity contribution in [3.63, 3.8) is 0 Å². The number of carbonyl (C=O) groups is 2. The number of piperidine rings is 1. The number of H-pyrrole nitrogens is 1. The molecule has 0 saturated carbocycles. The number of carboxylic acids is 1. The van der Waals surface area contributed by atoms with Crippen molar-refractivity contribution in [2.45, 2.75) is 56.3 Å². The standard InChI is InChI=1S/C30H28F5N3O6/c1-15(16-7-8-21-22(13-16)44-30(34,35)43-21)42-28(17-5-3-2-4-6-17)11-9-19(24-23(28)26(38-37-24)29(31,32)33)25(39)20-14-36-12-10-18(20)27(40)41/h2-8,13,15,18-20,36H,9-12,14H2,1H3,(H,37,38)(H,40,41)/t15-,18?,19?,20?,28?/m0/s1.